The molecule has 0 saturated heterocycles. The Labute approximate surface area is 220 Å². The van der Waals surface area contributed by atoms with Crippen molar-refractivity contribution in [2.45, 2.75) is 37.6 Å². The van der Waals surface area contributed by atoms with Crippen molar-refractivity contribution >= 4 is 44.7 Å². The monoisotopic (exact) mass is 621 g/mol. The summed E-state index contributed by atoms with van der Waals surface area (Å²) in [5, 5.41) is -0.112. The summed E-state index contributed by atoms with van der Waals surface area (Å²) in [4.78, 5) is 40.9. The molecule has 1 aliphatic rings. The maximum Gasteiger partial charge on any atom is 0.337 e. The molecule has 0 aliphatic heterocycles. The summed E-state index contributed by atoms with van der Waals surface area (Å²) in [5.41, 5.74) is -1.22. The van der Waals surface area contributed by atoms with E-state index in [2.05, 4.69) is 0 Å². The van der Waals surface area contributed by atoms with Crippen LogP contribution < -0.4 is 21.0 Å². The average molecular weight is 621 g/mol. The third-order valence-electron chi connectivity index (χ3n) is 6.21. The minimum absolute atomic E-state index is 0.0539. The van der Waals surface area contributed by atoms with E-state index < -0.39 is 33.7 Å². The molecule has 36 heavy (non-hydrogen) atoms. The molecule has 1 aliphatic carbocycles. The lowest BCUT2D eigenvalue weighted by Gasteiger charge is -2.19. The van der Waals surface area contributed by atoms with Gasteiger partial charge in [-0.1, -0.05) is 17.7 Å². The van der Waals surface area contributed by atoms with Crippen molar-refractivity contribution in [2.75, 3.05) is 0 Å². The molecular weight excluding hydrogens is 600 g/mol. The van der Waals surface area contributed by atoms with Crippen LogP contribution in [0.2, 0.25) is 0 Å². The number of nitrogens with zero attached hydrogens (tertiary/aromatic N) is 3. The van der Waals surface area contributed by atoms with Crippen molar-refractivity contribution in [1.29, 1.82) is 0 Å². The van der Waals surface area contributed by atoms with Gasteiger partial charge in [0.25, 0.3) is 11.1 Å². The Bertz CT molecular complexity index is 1750. The van der Waals surface area contributed by atoms with Gasteiger partial charge in [0.2, 0.25) is 11.1 Å². The third kappa shape index (κ3) is 4.03. The van der Waals surface area contributed by atoms with Crippen LogP contribution in [-0.2, 0) is 18.1 Å². The molecule has 1 unspecified atom stereocenters. The summed E-state index contributed by atoms with van der Waals surface area (Å²) < 4.78 is 37.9. The number of pyridine rings is 1. The second-order valence-corrected chi connectivity index (χ2v) is 11.1. The molecule has 186 valence electrons. The number of halogens is 2. The van der Waals surface area contributed by atoms with Crippen LogP contribution in [0.3, 0.4) is 0 Å². The Morgan fingerprint density at radius 1 is 1.03 bits per heavy atom. The number of rotatable bonds is 5. The normalized spacial score (nSPS) is 14.2. The quantitative estimate of drug-likeness (QED) is 0.318. The molecule has 8 nitrogen and oxygen atoms in total. The second-order valence-electron chi connectivity index (χ2n) is 8.77. The summed E-state index contributed by atoms with van der Waals surface area (Å²) in [7, 11) is 1.40. The molecule has 0 radical (unpaired) electrons. The number of hydrogen-bond donors (Lipinski definition) is 0. The molecule has 1 atom stereocenters. The number of hydrogen-bond acceptors (Lipinski definition) is 5. The van der Waals surface area contributed by atoms with Crippen molar-refractivity contribution in [3.63, 3.8) is 0 Å². The summed E-state index contributed by atoms with van der Waals surface area (Å²) in [6.07, 6.45) is 1.23. The second kappa shape index (κ2) is 9.11. The van der Waals surface area contributed by atoms with Gasteiger partial charge in [-0.25, -0.2) is 18.0 Å². The van der Waals surface area contributed by atoms with E-state index in [1.165, 1.54) is 26.1 Å². The SMILES string of the molecule is Cc1ccc(S(=O)Oc2c(C)c(=O)n(C)c3c2c(=O)n(C2CC2)c(=O)n3-c2ccc(I)cc2F)cc1. The average Bonchev–Trinajstić information content (AvgIpc) is 3.67. The Morgan fingerprint density at radius 2 is 1.69 bits per heavy atom. The van der Waals surface area contributed by atoms with E-state index >= 15 is 4.39 Å². The standard InChI is InChI=1S/C25H21FIN3O5S/c1-13-4-9-17(10-5-13)36(34)35-21-14(2)23(31)28(3)22-20(21)24(32)29(16-7-8-16)25(33)30(22)19-11-6-15(27)12-18(19)26/h4-6,9-12,16H,7-8H2,1-3H3. The van der Waals surface area contributed by atoms with Crippen LogP contribution in [0.5, 0.6) is 5.75 Å². The van der Waals surface area contributed by atoms with Gasteiger partial charge in [-0.2, -0.15) is 0 Å². The smallest absolute Gasteiger partial charge is 0.337 e. The highest BCUT2D eigenvalue weighted by atomic mass is 127. The van der Waals surface area contributed by atoms with Crippen LogP contribution in [0.4, 0.5) is 4.39 Å². The first-order chi connectivity index (χ1) is 17.1. The number of fused-ring (bicyclic) bond motifs is 1. The van der Waals surface area contributed by atoms with E-state index in [9.17, 15) is 18.6 Å². The van der Waals surface area contributed by atoms with E-state index in [0.717, 1.165) is 19.3 Å². The van der Waals surface area contributed by atoms with Gasteiger partial charge in [-0.15, -0.1) is 0 Å². The molecular formula is C25H21FIN3O5S. The first-order valence-corrected chi connectivity index (χ1v) is 13.3. The van der Waals surface area contributed by atoms with Crippen molar-refractivity contribution in [2.24, 2.45) is 7.05 Å². The van der Waals surface area contributed by atoms with E-state index in [1.807, 2.05) is 29.5 Å². The Balaban J connectivity index is 1.89. The number of benzene rings is 2. The van der Waals surface area contributed by atoms with Crippen molar-refractivity contribution in [3.05, 3.63) is 94.2 Å². The lowest BCUT2D eigenvalue weighted by molar-refractivity contribution is 0.555. The zero-order valence-corrected chi connectivity index (χ0v) is 22.6. The largest absolute Gasteiger partial charge is 0.395 e. The zero-order chi connectivity index (χ0) is 25.9. The molecule has 0 bridgehead atoms. The lowest BCUT2D eigenvalue weighted by Crippen LogP contribution is -2.42. The van der Waals surface area contributed by atoms with Crippen LogP contribution >= 0.6 is 22.6 Å². The van der Waals surface area contributed by atoms with Gasteiger partial charge in [-0.3, -0.25) is 18.7 Å². The number of aryl methyl sites for hydroxylation is 2. The minimum Gasteiger partial charge on any atom is -0.395 e. The van der Waals surface area contributed by atoms with Gasteiger partial charge in [-0.05, 0) is 79.6 Å². The van der Waals surface area contributed by atoms with Crippen molar-refractivity contribution in [1.82, 2.24) is 13.7 Å². The lowest BCUT2D eigenvalue weighted by atomic mass is 10.2. The summed E-state index contributed by atoms with van der Waals surface area (Å²) in [5.74, 6) is -0.879. The Hall–Kier alpha value is -3.06. The summed E-state index contributed by atoms with van der Waals surface area (Å²) in [6.45, 7) is 3.35. The van der Waals surface area contributed by atoms with Gasteiger partial charge in [0, 0.05) is 16.7 Å². The van der Waals surface area contributed by atoms with Gasteiger partial charge in [0.05, 0.1) is 16.1 Å². The topological polar surface area (TPSA) is 92.3 Å². The van der Waals surface area contributed by atoms with Crippen LogP contribution in [0.1, 0.15) is 30.0 Å². The molecule has 11 heteroatoms. The van der Waals surface area contributed by atoms with Crippen LogP contribution in [0.15, 0.2) is 61.7 Å². The summed E-state index contributed by atoms with van der Waals surface area (Å²) in [6, 6.07) is 10.8. The molecule has 2 aromatic carbocycles. The van der Waals surface area contributed by atoms with Gasteiger partial charge < -0.3 is 4.18 Å². The highest BCUT2D eigenvalue weighted by Crippen LogP contribution is 2.34. The maximum absolute atomic E-state index is 15.2. The zero-order valence-electron chi connectivity index (χ0n) is 19.6. The highest BCUT2D eigenvalue weighted by molar-refractivity contribution is 14.1. The molecule has 0 N–H and O–H groups in total. The third-order valence-corrected chi connectivity index (χ3v) is 7.86. The van der Waals surface area contributed by atoms with E-state index in [1.54, 1.807) is 30.3 Å². The Kier molecular flexibility index (Phi) is 6.23. The van der Waals surface area contributed by atoms with Crippen molar-refractivity contribution in [3.8, 4) is 11.4 Å². The molecule has 5 rings (SSSR count). The predicted octanol–water partition coefficient (Wildman–Crippen LogP) is 3.65. The molecule has 2 heterocycles. The van der Waals surface area contributed by atoms with Gasteiger partial charge in [0.15, 0.2) is 5.75 Å². The van der Waals surface area contributed by atoms with Crippen LogP contribution in [0, 0.1) is 23.2 Å². The molecule has 2 aromatic heterocycles. The van der Waals surface area contributed by atoms with Crippen LogP contribution in [0.25, 0.3) is 16.7 Å². The first kappa shape index (κ1) is 24.6. The van der Waals surface area contributed by atoms with Crippen molar-refractivity contribution < 1.29 is 12.8 Å². The van der Waals surface area contributed by atoms with E-state index in [-0.39, 0.29) is 34.1 Å². The Morgan fingerprint density at radius 3 is 2.31 bits per heavy atom. The number of aromatic nitrogens is 3. The maximum atomic E-state index is 15.2. The molecule has 0 amide bonds. The fourth-order valence-electron chi connectivity index (χ4n) is 4.17. The highest BCUT2D eigenvalue weighted by Gasteiger charge is 2.32. The molecule has 0 spiro atoms. The van der Waals surface area contributed by atoms with E-state index in [4.69, 9.17) is 4.18 Å². The van der Waals surface area contributed by atoms with Gasteiger partial charge in [0.1, 0.15) is 16.9 Å². The fourth-order valence-corrected chi connectivity index (χ4v) is 5.44. The first-order valence-electron chi connectivity index (χ1n) is 11.1. The summed E-state index contributed by atoms with van der Waals surface area (Å²) >= 11 is -0.105. The molecule has 4 aromatic rings. The fraction of sp³-hybridized carbons (Fsp3) is 0.240. The minimum atomic E-state index is -2.06. The van der Waals surface area contributed by atoms with E-state index in [0.29, 0.717) is 21.3 Å². The van der Waals surface area contributed by atoms with Gasteiger partial charge >= 0.3 is 5.69 Å². The predicted molar refractivity (Wildman–Crippen MR) is 143 cm³/mol. The molecule has 1 saturated carbocycles. The molecule has 1 fully saturated rings. The van der Waals surface area contributed by atoms with Crippen LogP contribution in [-0.4, -0.2) is 17.9 Å².